The lowest BCUT2D eigenvalue weighted by Gasteiger charge is -2.24. The first kappa shape index (κ1) is 18.3. The van der Waals surface area contributed by atoms with Crippen LogP contribution in [0.4, 0.5) is 8.78 Å². The molecule has 1 unspecified atom stereocenters. The number of hydrogen-bond donors (Lipinski definition) is 1. The van der Waals surface area contributed by atoms with Crippen LogP contribution in [0.5, 0.6) is 0 Å². The average molecular weight is 381 g/mol. The van der Waals surface area contributed by atoms with E-state index in [4.69, 9.17) is 0 Å². The van der Waals surface area contributed by atoms with Crippen LogP contribution in [0, 0.1) is 11.6 Å². The Balaban J connectivity index is 1.52. The van der Waals surface area contributed by atoms with Crippen LogP contribution in [0.25, 0.3) is 11.3 Å². The molecule has 0 bridgehead atoms. The molecule has 0 saturated carbocycles. The molecule has 1 saturated heterocycles. The van der Waals surface area contributed by atoms with Crippen molar-refractivity contribution in [3.63, 3.8) is 0 Å². The van der Waals surface area contributed by atoms with Crippen molar-refractivity contribution in [1.82, 2.24) is 15.1 Å². The fourth-order valence-electron chi connectivity index (χ4n) is 3.70. The number of H-pyrrole nitrogens is 1. The molecular weight excluding hydrogens is 360 g/mol. The third-order valence-electron chi connectivity index (χ3n) is 5.25. The van der Waals surface area contributed by atoms with Crippen LogP contribution in [-0.2, 0) is 0 Å². The van der Waals surface area contributed by atoms with Gasteiger partial charge in [0, 0.05) is 24.6 Å². The van der Waals surface area contributed by atoms with E-state index >= 15 is 0 Å². The summed E-state index contributed by atoms with van der Waals surface area (Å²) < 4.78 is 26.3. The number of aromatic amines is 1. The number of carbonyl (C=O) groups is 1. The maximum absolute atomic E-state index is 13.2. The Hall–Kier alpha value is -3.02. The zero-order valence-corrected chi connectivity index (χ0v) is 15.4. The van der Waals surface area contributed by atoms with Gasteiger partial charge in [0.2, 0.25) is 0 Å². The van der Waals surface area contributed by atoms with Gasteiger partial charge in [-0.1, -0.05) is 18.6 Å². The molecule has 1 aliphatic heterocycles. The molecule has 4 rings (SSSR count). The first-order valence-electron chi connectivity index (χ1n) is 9.46. The lowest BCUT2D eigenvalue weighted by Crippen LogP contribution is -2.34. The van der Waals surface area contributed by atoms with Crippen molar-refractivity contribution < 1.29 is 13.6 Å². The maximum Gasteiger partial charge on any atom is 0.271 e. The first-order valence-corrected chi connectivity index (χ1v) is 9.46. The average Bonchev–Trinajstić information content (AvgIpc) is 3.07. The fraction of sp³-hybridized carbons (Fsp3) is 0.273. The molecule has 2 aromatic carbocycles. The second kappa shape index (κ2) is 7.92. The summed E-state index contributed by atoms with van der Waals surface area (Å²) in [6.45, 7) is 1.27. The molecule has 0 spiro atoms. The first-order chi connectivity index (χ1) is 13.6. The van der Waals surface area contributed by atoms with Gasteiger partial charge in [-0.25, -0.2) is 8.78 Å². The number of nitrogens with one attached hydrogen (secondary N) is 1. The zero-order chi connectivity index (χ0) is 19.5. The molecule has 1 atom stereocenters. The lowest BCUT2D eigenvalue weighted by atomic mass is 9.94. The molecule has 1 aliphatic rings. The largest absolute Gasteiger partial charge is 0.337 e. The molecule has 2 heterocycles. The normalized spacial score (nSPS) is 17.4. The summed E-state index contributed by atoms with van der Waals surface area (Å²) in [4.78, 5) is 14.9. The Labute approximate surface area is 162 Å². The molecule has 6 heteroatoms. The van der Waals surface area contributed by atoms with Crippen LogP contribution in [0.2, 0.25) is 0 Å². The van der Waals surface area contributed by atoms with Gasteiger partial charge in [-0.05, 0) is 60.9 Å². The molecular formula is C22H21F2N3O. The van der Waals surface area contributed by atoms with Crippen LogP contribution < -0.4 is 0 Å². The molecule has 28 heavy (non-hydrogen) atoms. The molecule has 0 radical (unpaired) electrons. The van der Waals surface area contributed by atoms with E-state index in [1.165, 1.54) is 24.3 Å². The quantitative estimate of drug-likeness (QED) is 0.711. The van der Waals surface area contributed by atoms with Gasteiger partial charge in [-0.15, -0.1) is 0 Å². The molecule has 1 amide bonds. The molecule has 4 nitrogen and oxygen atoms in total. The number of carbonyl (C=O) groups excluding carboxylic acids is 1. The second-order valence-electron chi connectivity index (χ2n) is 7.17. The second-order valence-corrected chi connectivity index (χ2v) is 7.17. The predicted molar refractivity (Wildman–Crippen MR) is 103 cm³/mol. The smallest absolute Gasteiger partial charge is 0.271 e. The van der Waals surface area contributed by atoms with Gasteiger partial charge in [0.1, 0.15) is 17.3 Å². The highest BCUT2D eigenvalue weighted by Gasteiger charge is 2.25. The van der Waals surface area contributed by atoms with Gasteiger partial charge in [0.05, 0.1) is 5.69 Å². The van der Waals surface area contributed by atoms with E-state index in [2.05, 4.69) is 10.2 Å². The number of benzene rings is 2. The fourth-order valence-corrected chi connectivity index (χ4v) is 3.70. The number of amides is 1. The topological polar surface area (TPSA) is 49.0 Å². The highest BCUT2D eigenvalue weighted by molar-refractivity contribution is 5.93. The molecule has 0 aliphatic carbocycles. The summed E-state index contributed by atoms with van der Waals surface area (Å²) >= 11 is 0. The SMILES string of the molecule is O=C(c1cc(-c2ccc(F)cc2)n[nH]1)N1CCCCC(c2ccc(F)cc2)C1. The van der Waals surface area contributed by atoms with Gasteiger partial charge >= 0.3 is 0 Å². The van der Waals surface area contributed by atoms with Crippen molar-refractivity contribution in [1.29, 1.82) is 0 Å². The minimum atomic E-state index is -0.313. The minimum absolute atomic E-state index is 0.102. The van der Waals surface area contributed by atoms with Crippen molar-refractivity contribution in [2.75, 3.05) is 13.1 Å². The van der Waals surface area contributed by atoms with Gasteiger partial charge in [-0.3, -0.25) is 9.89 Å². The van der Waals surface area contributed by atoms with E-state index in [9.17, 15) is 13.6 Å². The summed E-state index contributed by atoms with van der Waals surface area (Å²) in [6, 6.07) is 14.3. The van der Waals surface area contributed by atoms with Gasteiger partial charge in [0.15, 0.2) is 0 Å². The van der Waals surface area contributed by atoms with Crippen LogP contribution in [0.1, 0.15) is 41.2 Å². The van der Waals surface area contributed by atoms with Crippen molar-refractivity contribution in [3.05, 3.63) is 77.5 Å². The van der Waals surface area contributed by atoms with E-state index in [1.54, 1.807) is 30.3 Å². The van der Waals surface area contributed by atoms with Crippen molar-refractivity contribution in [3.8, 4) is 11.3 Å². The number of hydrogen-bond acceptors (Lipinski definition) is 2. The number of halogens is 2. The van der Waals surface area contributed by atoms with Crippen LogP contribution in [0.3, 0.4) is 0 Å². The Bertz CT molecular complexity index is 951. The Morgan fingerprint density at radius 1 is 1.00 bits per heavy atom. The molecule has 1 N–H and O–H groups in total. The monoisotopic (exact) mass is 381 g/mol. The third kappa shape index (κ3) is 3.96. The Kier molecular flexibility index (Phi) is 5.19. The highest BCUT2D eigenvalue weighted by atomic mass is 19.1. The van der Waals surface area contributed by atoms with Crippen LogP contribution >= 0.6 is 0 Å². The van der Waals surface area contributed by atoms with Crippen LogP contribution in [-0.4, -0.2) is 34.1 Å². The summed E-state index contributed by atoms with van der Waals surface area (Å²) in [7, 11) is 0. The van der Waals surface area contributed by atoms with E-state index < -0.39 is 0 Å². The number of aromatic nitrogens is 2. The van der Waals surface area contributed by atoms with Crippen LogP contribution in [0.15, 0.2) is 54.6 Å². The van der Waals surface area contributed by atoms with E-state index in [-0.39, 0.29) is 23.5 Å². The summed E-state index contributed by atoms with van der Waals surface area (Å²) in [6.07, 6.45) is 2.93. The zero-order valence-electron chi connectivity index (χ0n) is 15.4. The lowest BCUT2D eigenvalue weighted by molar-refractivity contribution is 0.0748. The molecule has 1 aromatic heterocycles. The van der Waals surface area contributed by atoms with Gasteiger partial charge in [-0.2, -0.15) is 5.10 Å². The Morgan fingerprint density at radius 2 is 1.68 bits per heavy atom. The third-order valence-corrected chi connectivity index (χ3v) is 5.25. The highest BCUT2D eigenvalue weighted by Crippen LogP contribution is 2.28. The summed E-state index contributed by atoms with van der Waals surface area (Å²) in [5.41, 5.74) is 2.82. The summed E-state index contributed by atoms with van der Waals surface area (Å²) in [5.74, 6) is -0.482. The predicted octanol–water partition coefficient (Wildman–Crippen LogP) is 4.76. The molecule has 144 valence electrons. The Morgan fingerprint density at radius 3 is 2.39 bits per heavy atom. The standard InChI is InChI=1S/C22H21F2N3O/c23-18-8-4-15(5-9-18)17-3-1-2-12-27(14-17)22(28)21-13-20(25-26-21)16-6-10-19(24)11-7-16/h4-11,13,17H,1-3,12,14H2,(H,25,26). The maximum atomic E-state index is 13.2. The van der Waals surface area contributed by atoms with Gasteiger partial charge < -0.3 is 4.90 Å². The van der Waals surface area contributed by atoms with E-state index in [1.807, 2.05) is 4.90 Å². The molecule has 1 fully saturated rings. The number of rotatable bonds is 3. The van der Waals surface area contributed by atoms with E-state index in [0.29, 0.717) is 24.5 Å². The van der Waals surface area contributed by atoms with Crippen molar-refractivity contribution in [2.24, 2.45) is 0 Å². The van der Waals surface area contributed by atoms with Crippen molar-refractivity contribution >= 4 is 5.91 Å². The number of likely N-dealkylation sites (tertiary alicyclic amines) is 1. The minimum Gasteiger partial charge on any atom is -0.337 e. The number of nitrogens with zero attached hydrogens (tertiary/aromatic N) is 2. The molecule has 3 aromatic rings. The van der Waals surface area contributed by atoms with Crippen molar-refractivity contribution in [2.45, 2.75) is 25.2 Å². The van der Waals surface area contributed by atoms with E-state index in [0.717, 1.165) is 30.4 Å². The summed E-state index contributed by atoms with van der Waals surface area (Å²) in [5, 5.41) is 7.02. The van der Waals surface area contributed by atoms with Gasteiger partial charge in [0.25, 0.3) is 5.91 Å².